The van der Waals surface area contributed by atoms with E-state index in [0.29, 0.717) is 17.9 Å². The standard InChI is InChI=1S/C15H21FN2O2/c1-2-11-5-7-15(17,8-6-11)10-12-9-13(16)3-4-14(12)18(19)20/h3-4,9,11H,2,5-8,10,17H2,1H3. The summed E-state index contributed by atoms with van der Waals surface area (Å²) in [5, 5.41) is 11.0. The van der Waals surface area contributed by atoms with Gasteiger partial charge in [0.1, 0.15) is 5.82 Å². The lowest BCUT2D eigenvalue weighted by atomic mass is 9.73. The number of hydrogen-bond acceptors (Lipinski definition) is 3. The molecular formula is C15H21FN2O2. The zero-order valence-corrected chi connectivity index (χ0v) is 11.8. The molecule has 20 heavy (non-hydrogen) atoms. The van der Waals surface area contributed by atoms with Crippen molar-refractivity contribution in [3.8, 4) is 0 Å². The summed E-state index contributed by atoms with van der Waals surface area (Å²) in [5.41, 5.74) is 6.32. The molecule has 1 aromatic rings. The fourth-order valence-corrected chi connectivity index (χ4v) is 3.09. The molecule has 1 aromatic carbocycles. The van der Waals surface area contributed by atoms with Gasteiger partial charge in [0.05, 0.1) is 4.92 Å². The Bertz CT molecular complexity index is 497. The van der Waals surface area contributed by atoms with Gasteiger partial charge in [-0.25, -0.2) is 4.39 Å². The summed E-state index contributed by atoms with van der Waals surface area (Å²) in [6.45, 7) is 2.17. The van der Waals surface area contributed by atoms with E-state index < -0.39 is 16.3 Å². The maximum absolute atomic E-state index is 13.3. The predicted molar refractivity (Wildman–Crippen MR) is 75.9 cm³/mol. The number of nitro benzene ring substituents is 1. The van der Waals surface area contributed by atoms with Crippen LogP contribution >= 0.6 is 0 Å². The Morgan fingerprint density at radius 3 is 2.65 bits per heavy atom. The van der Waals surface area contributed by atoms with Crippen LogP contribution in [0.4, 0.5) is 10.1 Å². The predicted octanol–water partition coefficient (Wildman–Crippen LogP) is 3.57. The van der Waals surface area contributed by atoms with Crippen molar-refractivity contribution < 1.29 is 9.31 Å². The molecule has 0 saturated heterocycles. The average molecular weight is 280 g/mol. The largest absolute Gasteiger partial charge is 0.325 e. The number of nitrogens with two attached hydrogens (primary N) is 1. The molecule has 4 nitrogen and oxygen atoms in total. The van der Waals surface area contributed by atoms with Gasteiger partial charge in [0.15, 0.2) is 0 Å². The SMILES string of the molecule is CCC1CCC(N)(Cc2cc(F)ccc2[N+](=O)[O-])CC1. The van der Waals surface area contributed by atoms with Crippen molar-refractivity contribution in [3.63, 3.8) is 0 Å². The van der Waals surface area contributed by atoms with E-state index in [1.165, 1.54) is 12.1 Å². The van der Waals surface area contributed by atoms with Crippen LogP contribution in [0.2, 0.25) is 0 Å². The Morgan fingerprint density at radius 1 is 1.45 bits per heavy atom. The van der Waals surface area contributed by atoms with Gasteiger partial charge in [-0.15, -0.1) is 0 Å². The van der Waals surface area contributed by atoms with Crippen molar-refractivity contribution in [2.75, 3.05) is 0 Å². The van der Waals surface area contributed by atoms with Crippen LogP contribution in [-0.2, 0) is 6.42 Å². The number of nitrogens with zero attached hydrogens (tertiary/aromatic N) is 1. The second kappa shape index (κ2) is 5.87. The number of benzene rings is 1. The summed E-state index contributed by atoms with van der Waals surface area (Å²) in [5.74, 6) is 0.255. The third-order valence-electron chi connectivity index (χ3n) is 4.46. The van der Waals surface area contributed by atoms with E-state index in [9.17, 15) is 14.5 Å². The molecule has 2 rings (SSSR count). The summed E-state index contributed by atoms with van der Waals surface area (Å²) < 4.78 is 13.3. The smallest absolute Gasteiger partial charge is 0.272 e. The molecule has 1 aliphatic carbocycles. The van der Waals surface area contributed by atoms with Gasteiger partial charge in [0.25, 0.3) is 5.69 Å². The molecule has 1 aliphatic rings. The second-order valence-electron chi connectivity index (χ2n) is 5.92. The Hall–Kier alpha value is -1.49. The minimum Gasteiger partial charge on any atom is -0.325 e. The highest BCUT2D eigenvalue weighted by molar-refractivity contribution is 5.41. The zero-order chi connectivity index (χ0) is 14.8. The van der Waals surface area contributed by atoms with E-state index in [1.807, 2.05) is 0 Å². The van der Waals surface area contributed by atoms with Gasteiger partial charge in [-0.2, -0.15) is 0 Å². The van der Waals surface area contributed by atoms with Crippen molar-refractivity contribution in [3.05, 3.63) is 39.7 Å². The van der Waals surface area contributed by atoms with Crippen LogP contribution in [0, 0.1) is 21.8 Å². The molecule has 0 atom stereocenters. The monoisotopic (exact) mass is 280 g/mol. The Morgan fingerprint density at radius 2 is 2.10 bits per heavy atom. The van der Waals surface area contributed by atoms with Crippen LogP contribution in [0.15, 0.2) is 18.2 Å². The molecule has 5 heteroatoms. The topological polar surface area (TPSA) is 69.2 Å². The molecular weight excluding hydrogens is 259 g/mol. The van der Waals surface area contributed by atoms with Crippen molar-refractivity contribution in [1.29, 1.82) is 0 Å². The van der Waals surface area contributed by atoms with Gasteiger partial charge in [0, 0.05) is 17.2 Å². The Balaban J connectivity index is 2.17. The second-order valence-corrected chi connectivity index (χ2v) is 5.92. The number of nitro groups is 1. The molecule has 0 amide bonds. The van der Waals surface area contributed by atoms with Crippen LogP contribution in [0.5, 0.6) is 0 Å². The third-order valence-corrected chi connectivity index (χ3v) is 4.46. The molecule has 1 fully saturated rings. The highest BCUT2D eigenvalue weighted by atomic mass is 19.1. The molecule has 0 aromatic heterocycles. The number of hydrogen-bond donors (Lipinski definition) is 1. The van der Waals surface area contributed by atoms with Gasteiger partial charge in [0.2, 0.25) is 0 Å². The molecule has 1 saturated carbocycles. The zero-order valence-electron chi connectivity index (χ0n) is 11.8. The highest BCUT2D eigenvalue weighted by Crippen LogP contribution is 2.35. The van der Waals surface area contributed by atoms with Gasteiger partial charge in [-0.3, -0.25) is 10.1 Å². The molecule has 0 aliphatic heterocycles. The average Bonchev–Trinajstić information content (AvgIpc) is 2.39. The first-order valence-electron chi connectivity index (χ1n) is 7.15. The minimum atomic E-state index is -0.462. The lowest BCUT2D eigenvalue weighted by molar-refractivity contribution is -0.385. The van der Waals surface area contributed by atoms with Gasteiger partial charge in [-0.05, 0) is 50.2 Å². The van der Waals surface area contributed by atoms with Crippen LogP contribution in [-0.4, -0.2) is 10.5 Å². The molecule has 0 bridgehead atoms. The molecule has 0 spiro atoms. The van der Waals surface area contributed by atoms with E-state index >= 15 is 0 Å². The lowest BCUT2D eigenvalue weighted by Crippen LogP contribution is -2.45. The van der Waals surface area contributed by atoms with Crippen LogP contribution in [0.3, 0.4) is 0 Å². The fourth-order valence-electron chi connectivity index (χ4n) is 3.09. The summed E-state index contributed by atoms with van der Waals surface area (Å²) in [4.78, 5) is 10.6. The van der Waals surface area contributed by atoms with Gasteiger partial charge in [-0.1, -0.05) is 13.3 Å². The van der Waals surface area contributed by atoms with E-state index in [-0.39, 0.29) is 5.69 Å². The van der Waals surface area contributed by atoms with E-state index in [0.717, 1.165) is 38.2 Å². The van der Waals surface area contributed by atoms with Gasteiger partial charge >= 0.3 is 0 Å². The van der Waals surface area contributed by atoms with E-state index in [1.54, 1.807) is 0 Å². The van der Waals surface area contributed by atoms with Crippen molar-refractivity contribution in [2.45, 2.75) is 51.0 Å². The molecule has 2 N–H and O–H groups in total. The minimum absolute atomic E-state index is 0.0335. The fraction of sp³-hybridized carbons (Fsp3) is 0.600. The number of halogens is 1. The van der Waals surface area contributed by atoms with E-state index in [4.69, 9.17) is 5.73 Å². The van der Waals surface area contributed by atoms with Crippen molar-refractivity contribution >= 4 is 5.69 Å². The Kier molecular flexibility index (Phi) is 4.38. The van der Waals surface area contributed by atoms with E-state index in [2.05, 4.69) is 6.92 Å². The molecule has 0 radical (unpaired) electrons. The summed E-state index contributed by atoms with van der Waals surface area (Å²) in [7, 11) is 0. The van der Waals surface area contributed by atoms with Crippen LogP contribution in [0.1, 0.15) is 44.6 Å². The quantitative estimate of drug-likeness (QED) is 0.677. The summed E-state index contributed by atoms with van der Waals surface area (Å²) in [6, 6.07) is 3.60. The Labute approximate surface area is 118 Å². The first-order chi connectivity index (χ1) is 9.43. The summed E-state index contributed by atoms with van der Waals surface area (Å²) >= 11 is 0. The molecule has 110 valence electrons. The van der Waals surface area contributed by atoms with Gasteiger partial charge < -0.3 is 5.73 Å². The van der Waals surface area contributed by atoms with Crippen LogP contribution < -0.4 is 5.73 Å². The van der Waals surface area contributed by atoms with Crippen molar-refractivity contribution in [1.82, 2.24) is 0 Å². The third kappa shape index (κ3) is 3.33. The molecule has 0 unspecified atom stereocenters. The van der Waals surface area contributed by atoms with Crippen LogP contribution in [0.25, 0.3) is 0 Å². The number of rotatable bonds is 4. The normalized spacial score (nSPS) is 26.4. The summed E-state index contributed by atoms with van der Waals surface area (Å²) in [6.07, 6.45) is 5.32. The first-order valence-corrected chi connectivity index (χ1v) is 7.15. The maximum atomic E-state index is 13.3. The maximum Gasteiger partial charge on any atom is 0.272 e. The lowest BCUT2D eigenvalue weighted by Gasteiger charge is -2.37. The molecule has 0 heterocycles. The highest BCUT2D eigenvalue weighted by Gasteiger charge is 2.33. The van der Waals surface area contributed by atoms with Crippen molar-refractivity contribution in [2.24, 2.45) is 11.7 Å². The first kappa shape index (κ1) is 14.9.